The highest BCUT2D eigenvalue weighted by atomic mass is 19.1. The number of piperidine rings is 1. The SMILES string of the molecule is O=C(CF)NC1CCNCC1. The largest absolute Gasteiger partial charge is 0.351 e. The molecule has 1 saturated heterocycles. The Morgan fingerprint density at radius 3 is 2.73 bits per heavy atom. The Hall–Kier alpha value is -0.640. The molecule has 0 aromatic heterocycles. The lowest BCUT2D eigenvalue weighted by Gasteiger charge is -2.22. The van der Waals surface area contributed by atoms with Crippen LogP contribution in [0.5, 0.6) is 0 Å². The van der Waals surface area contributed by atoms with Crippen molar-refractivity contribution in [1.29, 1.82) is 0 Å². The number of nitrogens with one attached hydrogen (secondary N) is 2. The van der Waals surface area contributed by atoms with Gasteiger partial charge in [0.25, 0.3) is 5.91 Å². The third-order valence-electron chi connectivity index (χ3n) is 1.83. The highest BCUT2D eigenvalue weighted by Gasteiger charge is 2.14. The van der Waals surface area contributed by atoms with Crippen molar-refractivity contribution in [3.8, 4) is 0 Å². The molecule has 11 heavy (non-hydrogen) atoms. The number of rotatable bonds is 2. The molecule has 0 aromatic carbocycles. The summed E-state index contributed by atoms with van der Waals surface area (Å²) in [5.41, 5.74) is 0. The maximum absolute atomic E-state index is 11.7. The van der Waals surface area contributed by atoms with Crippen molar-refractivity contribution >= 4 is 5.91 Å². The van der Waals surface area contributed by atoms with Crippen molar-refractivity contribution in [1.82, 2.24) is 10.6 Å². The average molecular weight is 160 g/mol. The standard InChI is InChI=1S/C7H13FN2O/c8-5-7(11)10-6-1-3-9-4-2-6/h6,9H,1-5H2,(H,10,11). The highest BCUT2D eigenvalue weighted by molar-refractivity contribution is 5.77. The fourth-order valence-corrected chi connectivity index (χ4v) is 1.23. The molecule has 1 fully saturated rings. The van der Waals surface area contributed by atoms with Gasteiger partial charge in [-0.25, -0.2) is 4.39 Å². The minimum Gasteiger partial charge on any atom is -0.351 e. The van der Waals surface area contributed by atoms with Gasteiger partial charge in [0, 0.05) is 6.04 Å². The quantitative estimate of drug-likeness (QED) is 0.588. The van der Waals surface area contributed by atoms with Crippen molar-refractivity contribution in [2.45, 2.75) is 18.9 Å². The number of amides is 1. The van der Waals surface area contributed by atoms with E-state index in [9.17, 15) is 9.18 Å². The van der Waals surface area contributed by atoms with Crippen LogP contribution >= 0.6 is 0 Å². The molecule has 64 valence electrons. The zero-order valence-corrected chi connectivity index (χ0v) is 6.40. The zero-order valence-electron chi connectivity index (χ0n) is 6.40. The van der Waals surface area contributed by atoms with E-state index in [4.69, 9.17) is 0 Å². The van der Waals surface area contributed by atoms with Gasteiger partial charge in [0.2, 0.25) is 0 Å². The van der Waals surface area contributed by atoms with Crippen molar-refractivity contribution < 1.29 is 9.18 Å². The van der Waals surface area contributed by atoms with E-state index in [1.807, 2.05) is 0 Å². The summed E-state index contributed by atoms with van der Waals surface area (Å²) in [5.74, 6) is -0.489. The van der Waals surface area contributed by atoms with E-state index < -0.39 is 12.6 Å². The topological polar surface area (TPSA) is 41.1 Å². The lowest BCUT2D eigenvalue weighted by Crippen LogP contribution is -2.43. The predicted molar refractivity (Wildman–Crippen MR) is 40.0 cm³/mol. The van der Waals surface area contributed by atoms with Crippen LogP contribution in [0.4, 0.5) is 4.39 Å². The molecule has 4 heteroatoms. The fraction of sp³-hybridized carbons (Fsp3) is 0.857. The van der Waals surface area contributed by atoms with Crippen LogP contribution in [0.2, 0.25) is 0 Å². The molecule has 0 radical (unpaired) electrons. The van der Waals surface area contributed by atoms with E-state index in [1.54, 1.807) is 0 Å². The van der Waals surface area contributed by atoms with Crippen LogP contribution in [0, 0.1) is 0 Å². The third kappa shape index (κ3) is 2.84. The molecular formula is C7H13FN2O. The summed E-state index contributed by atoms with van der Waals surface area (Å²) < 4.78 is 11.7. The van der Waals surface area contributed by atoms with E-state index in [0.29, 0.717) is 0 Å². The van der Waals surface area contributed by atoms with Gasteiger partial charge in [0.15, 0.2) is 6.67 Å². The van der Waals surface area contributed by atoms with Crippen molar-refractivity contribution in [3.05, 3.63) is 0 Å². The van der Waals surface area contributed by atoms with Crippen molar-refractivity contribution in [2.75, 3.05) is 19.8 Å². The van der Waals surface area contributed by atoms with E-state index in [1.165, 1.54) is 0 Å². The van der Waals surface area contributed by atoms with Gasteiger partial charge < -0.3 is 10.6 Å². The molecule has 1 rings (SSSR count). The van der Waals surface area contributed by atoms with Gasteiger partial charge in [-0.05, 0) is 25.9 Å². The van der Waals surface area contributed by atoms with Crippen LogP contribution in [0.3, 0.4) is 0 Å². The number of halogens is 1. The lowest BCUT2D eigenvalue weighted by atomic mass is 10.1. The molecule has 0 spiro atoms. The molecule has 1 aliphatic heterocycles. The molecule has 2 N–H and O–H groups in total. The summed E-state index contributed by atoms with van der Waals surface area (Å²) in [6.45, 7) is 0.929. The first-order valence-corrected chi connectivity index (χ1v) is 3.89. The lowest BCUT2D eigenvalue weighted by molar-refractivity contribution is -0.122. The number of hydrogen-bond acceptors (Lipinski definition) is 2. The number of hydrogen-bond donors (Lipinski definition) is 2. The summed E-state index contributed by atoms with van der Waals surface area (Å²) in [5, 5.41) is 5.78. The van der Waals surface area contributed by atoms with E-state index in [-0.39, 0.29) is 6.04 Å². The van der Waals surface area contributed by atoms with Crippen LogP contribution in [-0.4, -0.2) is 31.7 Å². The highest BCUT2D eigenvalue weighted by Crippen LogP contribution is 2.01. The van der Waals surface area contributed by atoms with Crippen LogP contribution in [0.1, 0.15) is 12.8 Å². The maximum Gasteiger partial charge on any atom is 0.251 e. The van der Waals surface area contributed by atoms with E-state index in [2.05, 4.69) is 10.6 Å². The number of carbonyl (C=O) groups is 1. The van der Waals surface area contributed by atoms with Crippen molar-refractivity contribution in [2.24, 2.45) is 0 Å². The molecular weight excluding hydrogens is 147 g/mol. The van der Waals surface area contributed by atoms with Crippen LogP contribution in [0.15, 0.2) is 0 Å². The fourth-order valence-electron chi connectivity index (χ4n) is 1.23. The summed E-state index contributed by atoms with van der Waals surface area (Å²) in [4.78, 5) is 10.6. The van der Waals surface area contributed by atoms with Gasteiger partial charge in [0.05, 0.1) is 0 Å². The minimum absolute atomic E-state index is 0.180. The van der Waals surface area contributed by atoms with Crippen LogP contribution in [0.25, 0.3) is 0 Å². The van der Waals surface area contributed by atoms with Gasteiger partial charge in [-0.3, -0.25) is 4.79 Å². The molecule has 0 aliphatic carbocycles. The molecule has 1 amide bonds. The molecule has 3 nitrogen and oxygen atoms in total. The number of carbonyl (C=O) groups excluding carboxylic acids is 1. The Labute approximate surface area is 65.3 Å². The molecule has 0 unspecified atom stereocenters. The predicted octanol–water partition coefficient (Wildman–Crippen LogP) is -0.176. The normalized spacial score (nSPS) is 19.7. The molecule has 1 heterocycles. The van der Waals surface area contributed by atoms with Gasteiger partial charge in [-0.15, -0.1) is 0 Å². The molecule has 0 aromatic rings. The van der Waals surface area contributed by atoms with Gasteiger partial charge in [-0.2, -0.15) is 0 Å². The van der Waals surface area contributed by atoms with Crippen molar-refractivity contribution in [3.63, 3.8) is 0 Å². The van der Waals surface area contributed by atoms with Crippen LogP contribution in [-0.2, 0) is 4.79 Å². The Balaban J connectivity index is 2.19. The van der Waals surface area contributed by atoms with Gasteiger partial charge >= 0.3 is 0 Å². The first kappa shape index (κ1) is 8.46. The van der Waals surface area contributed by atoms with E-state index in [0.717, 1.165) is 25.9 Å². The summed E-state index contributed by atoms with van der Waals surface area (Å²) in [6, 6.07) is 0.180. The zero-order chi connectivity index (χ0) is 8.10. The number of alkyl halides is 1. The smallest absolute Gasteiger partial charge is 0.251 e. The Morgan fingerprint density at radius 1 is 1.55 bits per heavy atom. The molecule has 1 aliphatic rings. The second-order valence-electron chi connectivity index (χ2n) is 2.73. The minimum atomic E-state index is -0.899. The van der Waals surface area contributed by atoms with Crippen LogP contribution < -0.4 is 10.6 Å². The second-order valence-corrected chi connectivity index (χ2v) is 2.73. The molecule has 0 saturated carbocycles. The summed E-state index contributed by atoms with van der Waals surface area (Å²) in [6.07, 6.45) is 1.82. The second kappa shape index (κ2) is 4.28. The summed E-state index contributed by atoms with van der Waals surface area (Å²) in [7, 11) is 0. The van der Waals surface area contributed by atoms with Gasteiger partial charge in [-0.1, -0.05) is 0 Å². The first-order chi connectivity index (χ1) is 5.33. The van der Waals surface area contributed by atoms with Gasteiger partial charge in [0.1, 0.15) is 0 Å². The molecule has 0 atom stereocenters. The Kier molecular flexibility index (Phi) is 3.29. The maximum atomic E-state index is 11.7. The Morgan fingerprint density at radius 2 is 2.18 bits per heavy atom. The van der Waals surface area contributed by atoms with E-state index >= 15 is 0 Å². The first-order valence-electron chi connectivity index (χ1n) is 3.89. The Bertz CT molecular complexity index is 134. The average Bonchev–Trinajstić information content (AvgIpc) is 2.06. The summed E-state index contributed by atoms with van der Waals surface area (Å²) >= 11 is 0. The molecule has 0 bridgehead atoms. The third-order valence-corrected chi connectivity index (χ3v) is 1.83. The monoisotopic (exact) mass is 160 g/mol.